The number of carbonyl (C=O) groups is 3. The zero-order valence-corrected chi connectivity index (χ0v) is 17.1. The minimum atomic E-state index is -1.12. The molecule has 148 valence electrons. The molecular formula is C22H27N3O3. The lowest BCUT2D eigenvalue weighted by Crippen LogP contribution is -2.43. The summed E-state index contributed by atoms with van der Waals surface area (Å²) in [6, 6.07) is 10.7. The van der Waals surface area contributed by atoms with Gasteiger partial charge in [-0.2, -0.15) is 0 Å². The van der Waals surface area contributed by atoms with Crippen molar-refractivity contribution in [1.82, 2.24) is 14.8 Å². The summed E-state index contributed by atoms with van der Waals surface area (Å²) in [5, 5.41) is 2.82. The number of ketones is 1. The van der Waals surface area contributed by atoms with Crippen molar-refractivity contribution in [2.24, 2.45) is 0 Å². The van der Waals surface area contributed by atoms with E-state index < -0.39 is 11.6 Å². The van der Waals surface area contributed by atoms with Gasteiger partial charge in [0.05, 0.1) is 6.54 Å². The van der Waals surface area contributed by atoms with Crippen molar-refractivity contribution < 1.29 is 14.4 Å². The Labute approximate surface area is 165 Å². The summed E-state index contributed by atoms with van der Waals surface area (Å²) in [5.74, 6) is -0.610. The van der Waals surface area contributed by atoms with Crippen molar-refractivity contribution in [3.8, 4) is 0 Å². The zero-order chi connectivity index (χ0) is 20.6. The number of imide groups is 1. The fourth-order valence-corrected chi connectivity index (χ4v) is 4.21. The van der Waals surface area contributed by atoms with Crippen LogP contribution in [0.3, 0.4) is 0 Å². The number of benzene rings is 1. The number of hydrogen-bond acceptors (Lipinski definition) is 3. The predicted molar refractivity (Wildman–Crippen MR) is 107 cm³/mol. The van der Waals surface area contributed by atoms with E-state index in [-0.39, 0.29) is 24.3 Å². The van der Waals surface area contributed by atoms with E-state index in [2.05, 4.69) is 23.7 Å². The van der Waals surface area contributed by atoms with Crippen LogP contribution in [0.15, 0.2) is 36.4 Å². The van der Waals surface area contributed by atoms with E-state index in [1.165, 1.54) is 0 Å². The molecule has 0 spiro atoms. The Balaban J connectivity index is 1.89. The van der Waals surface area contributed by atoms with Crippen molar-refractivity contribution in [1.29, 1.82) is 0 Å². The number of nitrogens with zero attached hydrogens (tertiary/aromatic N) is 2. The molecule has 0 bridgehead atoms. The molecule has 3 rings (SSSR count). The third kappa shape index (κ3) is 3.03. The van der Waals surface area contributed by atoms with Gasteiger partial charge >= 0.3 is 6.03 Å². The van der Waals surface area contributed by atoms with E-state index in [0.717, 1.165) is 21.9 Å². The third-order valence-corrected chi connectivity index (χ3v) is 5.58. The molecule has 1 N–H and O–H groups in total. The van der Waals surface area contributed by atoms with E-state index >= 15 is 0 Å². The zero-order valence-electron chi connectivity index (χ0n) is 17.1. The quantitative estimate of drug-likeness (QED) is 0.612. The van der Waals surface area contributed by atoms with Crippen LogP contribution in [0.1, 0.15) is 60.5 Å². The molecule has 1 atom stereocenters. The third-order valence-electron chi connectivity index (χ3n) is 5.58. The van der Waals surface area contributed by atoms with Crippen LogP contribution in [0, 0.1) is 13.8 Å². The molecule has 1 aromatic carbocycles. The smallest absolute Gasteiger partial charge is 0.325 e. The maximum Gasteiger partial charge on any atom is 0.325 e. The van der Waals surface area contributed by atoms with Gasteiger partial charge < -0.3 is 9.88 Å². The largest absolute Gasteiger partial charge is 0.346 e. The van der Waals surface area contributed by atoms with Crippen LogP contribution in [-0.4, -0.2) is 33.7 Å². The van der Waals surface area contributed by atoms with Crippen LogP contribution in [-0.2, 0) is 10.3 Å². The molecule has 28 heavy (non-hydrogen) atoms. The predicted octanol–water partition coefficient (Wildman–Crippen LogP) is 3.73. The van der Waals surface area contributed by atoms with Crippen molar-refractivity contribution in [2.75, 3.05) is 6.54 Å². The molecule has 1 saturated heterocycles. The number of hydrogen-bond donors (Lipinski definition) is 1. The van der Waals surface area contributed by atoms with Crippen LogP contribution in [0.25, 0.3) is 0 Å². The normalized spacial score (nSPS) is 19.4. The summed E-state index contributed by atoms with van der Waals surface area (Å²) in [5.41, 5.74) is 2.01. The Hall–Kier alpha value is -2.89. The highest BCUT2D eigenvalue weighted by atomic mass is 16.2. The molecule has 2 aromatic rings. The minimum absolute atomic E-state index is 0.226. The number of carbonyl (C=O) groups excluding carboxylic acids is 3. The molecule has 1 aliphatic heterocycles. The summed E-state index contributed by atoms with van der Waals surface area (Å²) in [4.78, 5) is 39.8. The standard InChI is InChI=1S/C22H27N3O3/c1-6-22(17-10-8-7-9-11-17)20(27)24(21(28)23-22)13-19(26)18-12-15(4)25(14(2)3)16(18)5/h7-12,14H,6,13H2,1-5H3,(H,23,28). The number of aryl methyl sites for hydroxylation is 1. The first kappa shape index (κ1) is 19.9. The summed E-state index contributed by atoms with van der Waals surface area (Å²) in [7, 11) is 0. The Morgan fingerprint density at radius 2 is 1.79 bits per heavy atom. The van der Waals surface area contributed by atoms with Gasteiger partial charge in [-0.3, -0.25) is 14.5 Å². The fraction of sp³-hybridized carbons (Fsp3) is 0.409. The molecule has 2 heterocycles. The molecule has 1 aromatic heterocycles. The number of nitrogens with one attached hydrogen (secondary N) is 1. The van der Waals surface area contributed by atoms with Crippen LogP contribution < -0.4 is 5.32 Å². The van der Waals surface area contributed by atoms with Crippen LogP contribution >= 0.6 is 0 Å². The molecule has 3 amide bonds. The van der Waals surface area contributed by atoms with Crippen molar-refractivity contribution >= 4 is 17.7 Å². The number of aromatic nitrogens is 1. The summed E-state index contributed by atoms with van der Waals surface area (Å²) < 4.78 is 2.08. The van der Waals surface area contributed by atoms with Gasteiger partial charge in [0.15, 0.2) is 5.78 Å². The first-order valence-corrected chi connectivity index (χ1v) is 9.64. The lowest BCUT2D eigenvalue weighted by atomic mass is 9.87. The lowest BCUT2D eigenvalue weighted by molar-refractivity contribution is -0.131. The first-order valence-electron chi connectivity index (χ1n) is 9.64. The summed E-state index contributed by atoms with van der Waals surface area (Å²) in [6.45, 7) is 9.55. The highest BCUT2D eigenvalue weighted by Crippen LogP contribution is 2.32. The van der Waals surface area contributed by atoms with Gasteiger partial charge in [-0.05, 0) is 45.7 Å². The molecule has 1 unspecified atom stereocenters. The van der Waals surface area contributed by atoms with Gasteiger partial charge in [0.1, 0.15) is 5.54 Å². The number of amides is 3. The lowest BCUT2D eigenvalue weighted by Gasteiger charge is -2.25. The van der Waals surface area contributed by atoms with E-state index in [1.54, 1.807) is 0 Å². The van der Waals surface area contributed by atoms with Crippen LogP contribution in [0.5, 0.6) is 0 Å². The second-order valence-corrected chi connectivity index (χ2v) is 7.62. The van der Waals surface area contributed by atoms with Crippen molar-refractivity contribution in [2.45, 2.75) is 52.6 Å². The number of Topliss-reactive ketones (excluding diaryl/α,β-unsaturated/α-hetero) is 1. The molecule has 1 fully saturated rings. The van der Waals surface area contributed by atoms with Gasteiger partial charge in [-0.25, -0.2) is 4.79 Å². The fourth-order valence-electron chi connectivity index (χ4n) is 4.21. The monoisotopic (exact) mass is 381 g/mol. The van der Waals surface area contributed by atoms with E-state index in [1.807, 2.05) is 57.2 Å². The Morgan fingerprint density at radius 1 is 1.14 bits per heavy atom. The summed E-state index contributed by atoms with van der Waals surface area (Å²) in [6.07, 6.45) is 0.411. The van der Waals surface area contributed by atoms with E-state index in [9.17, 15) is 14.4 Å². The van der Waals surface area contributed by atoms with Gasteiger partial charge in [0.25, 0.3) is 5.91 Å². The molecule has 6 heteroatoms. The topological polar surface area (TPSA) is 71.4 Å². The van der Waals surface area contributed by atoms with Crippen LogP contribution in [0.4, 0.5) is 4.79 Å². The molecule has 0 aliphatic carbocycles. The van der Waals surface area contributed by atoms with Crippen LogP contribution in [0.2, 0.25) is 0 Å². The Kier molecular flexibility index (Phi) is 5.15. The highest BCUT2D eigenvalue weighted by molar-refractivity contribution is 6.11. The molecule has 0 saturated carbocycles. The highest BCUT2D eigenvalue weighted by Gasteiger charge is 2.51. The molecule has 6 nitrogen and oxygen atoms in total. The number of urea groups is 1. The maximum atomic E-state index is 13.2. The van der Waals surface area contributed by atoms with Gasteiger partial charge in [-0.15, -0.1) is 0 Å². The number of rotatable bonds is 6. The molecule has 0 radical (unpaired) electrons. The van der Waals surface area contributed by atoms with Crippen molar-refractivity contribution in [3.05, 3.63) is 58.9 Å². The molecular weight excluding hydrogens is 354 g/mol. The van der Waals surface area contributed by atoms with E-state index in [0.29, 0.717) is 12.0 Å². The Morgan fingerprint density at radius 3 is 2.32 bits per heavy atom. The minimum Gasteiger partial charge on any atom is -0.346 e. The van der Waals surface area contributed by atoms with Crippen molar-refractivity contribution in [3.63, 3.8) is 0 Å². The molecule has 1 aliphatic rings. The average molecular weight is 381 g/mol. The van der Waals surface area contributed by atoms with E-state index in [4.69, 9.17) is 0 Å². The average Bonchev–Trinajstić information content (AvgIpc) is 3.10. The Bertz CT molecular complexity index is 930. The SMILES string of the molecule is CCC1(c2ccccc2)NC(=O)N(CC(=O)c2cc(C)n(C(C)C)c2C)C1=O. The van der Waals surface area contributed by atoms with Gasteiger partial charge in [0, 0.05) is 23.0 Å². The second kappa shape index (κ2) is 7.26. The van der Waals surface area contributed by atoms with Gasteiger partial charge in [0.2, 0.25) is 0 Å². The maximum absolute atomic E-state index is 13.2. The second-order valence-electron chi connectivity index (χ2n) is 7.62. The first-order chi connectivity index (χ1) is 13.2. The summed E-state index contributed by atoms with van der Waals surface area (Å²) >= 11 is 0. The van der Waals surface area contributed by atoms with Gasteiger partial charge in [-0.1, -0.05) is 37.3 Å².